The van der Waals surface area contributed by atoms with Crippen LogP contribution < -0.4 is 16.4 Å². The predicted octanol–water partition coefficient (Wildman–Crippen LogP) is 4.02. The fourth-order valence-corrected chi connectivity index (χ4v) is 3.59. The van der Waals surface area contributed by atoms with E-state index in [1.807, 2.05) is 54.6 Å². The zero-order valence-corrected chi connectivity index (χ0v) is 17.0. The van der Waals surface area contributed by atoms with Crippen LogP contribution in [0.4, 0.5) is 10.8 Å². The molecule has 0 radical (unpaired) electrons. The molecule has 2 aromatic carbocycles. The fourth-order valence-electron chi connectivity index (χ4n) is 2.77. The largest absolute Gasteiger partial charge is 0.375 e. The van der Waals surface area contributed by atoms with Gasteiger partial charge in [-0.15, -0.1) is 22.9 Å². The molecule has 4 N–H and O–H groups in total. The number of carbonyl (C=O) groups excluding carboxylic acids is 1. The predicted molar refractivity (Wildman–Crippen MR) is 117 cm³/mol. The summed E-state index contributed by atoms with van der Waals surface area (Å²) in [7, 11) is 0. The number of anilines is 2. The van der Waals surface area contributed by atoms with Crippen molar-refractivity contribution in [2.45, 2.75) is 18.2 Å². The second-order valence-electron chi connectivity index (χ2n) is 6.43. The van der Waals surface area contributed by atoms with Gasteiger partial charge in [-0.2, -0.15) is 0 Å². The molecule has 0 bridgehead atoms. The van der Waals surface area contributed by atoms with Crippen molar-refractivity contribution in [3.8, 4) is 0 Å². The van der Waals surface area contributed by atoms with Crippen molar-refractivity contribution in [1.29, 1.82) is 0 Å². The Morgan fingerprint density at radius 2 is 1.89 bits per heavy atom. The topological polar surface area (TPSA) is 80.0 Å². The molecule has 0 saturated heterocycles. The molecule has 0 aliphatic rings. The first kappa shape index (κ1) is 20.3. The van der Waals surface area contributed by atoms with E-state index < -0.39 is 0 Å². The number of halogens is 1. The molecule has 0 aliphatic carbocycles. The monoisotopic (exact) mass is 414 g/mol. The molecule has 1 amide bonds. The van der Waals surface area contributed by atoms with Gasteiger partial charge in [-0.1, -0.05) is 42.5 Å². The maximum atomic E-state index is 12.1. The molecule has 0 saturated carbocycles. The molecule has 7 heteroatoms. The van der Waals surface area contributed by atoms with Gasteiger partial charge in [-0.25, -0.2) is 4.98 Å². The summed E-state index contributed by atoms with van der Waals surface area (Å²) < 4.78 is 0. The van der Waals surface area contributed by atoms with Crippen LogP contribution in [-0.4, -0.2) is 24.0 Å². The van der Waals surface area contributed by atoms with E-state index in [9.17, 15) is 4.79 Å². The summed E-state index contributed by atoms with van der Waals surface area (Å²) >= 11 is 7.74. The quantitative estimate of drug-likeness (QED) is 0.365. The van der Waals surface area contributed by atoms with E-state index in [-0.39, 0.29) is 17.7 Å². The lowest BCUT2D eigenvalue weighted by molar-refractivity contribution is -0.115. The Hall–Kier alpha value is -2.41. The minimum atomic E-state index is -0.103. The maximum absolute atomic E-state index is 12.1. The Morgan fingerprint density at radius 1 is 1.14 bits per heavy atom. The minimum absolute atomic E-state index is 0.0353. The summed E-state index contributed by atoms with van der Waals surface area (Å²) in [6, 6.07) is 17.9. The standard InChI is InChI=1S/C21H23ClN4OS/c22-19(16-4-2-1-3-5-16)13-24-11-10-15-6-8-17(9-7-15)25-20(27)12-18-14-28-21(23)26-18/h1-9,14,19,24H,10-13H2,(H2,23,26)(H,25,27). The smallest absolute Gasteiger partial charge is 0.230 e. The van der Waals surface area contributed by atoms with E-state index in [0.29, 0.717) is 10.8 Å². The number of nitrogen functional groups attached to an aromatic ring is 1. The van der Waals surface area contributed by atoms with Crippen LogP contribution in [0.1, 0.15) is 22.2 Å². The third kappa shape index (κ3) is 6.34. The number of hydrogen-bond donors (Lipinski definition) is 3. The molecule has 0 spiro atoms. The summed E-state index contributed by atoms with van der Waals surface area (Å²) in [6.45, 7) is 1.56. The van der Waals surface area contributed by atoms with E-state index in [2.05, 4.69) is 15.6 Å². The number of amides is 1. The number of carbonyl (C=O) groups is 1. The molecule has 0 fully saturated rings. The van der Waals surface area contributed by atoms with Gasteiger partial charge in [0.05, 0.1) is 17.5 Å². The maximum Gasteiger partial charge on any atom is 0.230 e. The Bertz CT molecular complexity index is 883. The summed E-state index contributed by atoms with van der Waals surface area (Å²) in [4.78, 5) is 16.2. The number of aromatic nitrogens is 1. The van der Waals surface area contributed by atoms with Crippen molar-refractivity contribution >= 4 is 39.7 Å². The van der Waals surface area contributed by atoms with Crippen LogP contribution >= 0.6 is 22.9 Å². The first-order valence-electron chi connectivity index (χ1n) is 9.08. The SMILES string of the molecule is Nc1nc(CC(=O)Nc2ccc(CCNCC(Cl)c3ccccc3)cc2)cs1. The number of thiazole rings is 1. The van der Waals surface area contributed by atoms with Crippen molar-refractivity contribution in [3.05, 3.63) is 76.8 Å². The van der Waals surface area contributed by atoms with Crippen LogP contribution in [0.2, 0.25) is 0 Å². The normalized spacial score (nSPS) is 11.9. The van der Waals surface area contributed by atoms with Crippen LogP contribution in [-0.2, 0) is 17.6 Å². The minimum Gasteiger partial charge on any atom is -0.375 e. The van der Waals surface area contributed by atoms with Crippen LogP contribution in [0.5, 0.6) is 0 Å². The number of nitrogens with two attached hydrogens (primary N) is 1. The first-order valence-corrected chi connectivity index (χ1v) is 10.4. The molecule has 1 unspecified atom stereocenters. The number of rotatable bonds is 9. The van der Waals surface area contributed by atoms with Gasteiger partial charge in [0.1, 0.15) is 0 Å². The summed E-state index contributed by atoms with van der Waals surface area (Å²) in [5, 5.41) is 8.51. The van der Waals surface area contributed by atoms with Crippen molar-refractivity contribution in [3.63, 3.8) is 0 Å². The highest BCUT2D eigenvalue weighted by molar-refractivity contribution is 7.13. The molecule has 1 aromatic heterocycles. The lowest BCUT2D eigenvalue weighted by Gasteiger charge is -2.11. The van der Waals surface area contributed by atoms with Crippen molar-refractivity contribution < 1.29 is 4.79 Å². The van der Waals surface area contributed by atoms with Gasteiger partial charge in [-0.05, 0) is 36.2 Å². The summed E-state index contributed by atoms with van der Waals surface area (Å²) in [5.74, 6) is -0.103. The van der Waals surface area contributed by atoms with Crippen molar-refractivity contribution in [2.75, 3.05) is 24.1 Å². The highest BCUT2D eigenvalue weighted by atomic mass is 35.5. The number of hydrogen-bond acceptors (Lipinski definition) is 5. The number of benzene rings is 2. The first-order chi connectivity index (χ1) is 13.6. The van der Waals surface area contributed by atoms with E-state index in [1.165, 1.54) is 16.9 Å². The van der Waals surface area contributed by atoms with Crippen LogP contribution in [0.25, 0.3) is 0 Å². The molecule has 146 valence electrons. The van der Waals surface area contributed by atoms with Gasteiger partial charge < -0.3 is 16.4 Å². The highest BCUT2D eigenvalue weighted by Crippen LogP contribution is 2.18. The zero-order valence-electron chi connectivity index (χ0n) is 15.4. The van der Waals surface area contributed by atoms with Gasteiger partial charge in [0.15, 0.2) is 5.13 Å². The lowest BCUT2D eigenvalue weighted by Crippen LogP contribution is -2.21. The molecular weight excluding hydrogens is 392 g/mol. The van der Waals surface area contributed by atoms with Gasteiger partial charge in [0.2, 0.25) is 5.91 Å². The molecule has 5 nitrogen and oxygen atoms in total. The van der Waals surface area contributed by atoms with Gasteiger partial charge in [0.25, 0.3) is 0 Å². The second-order valence-corrected chi connectivity index (χ2v) is 7.85. The Labute approximate surface area is 173 Å². The number of nitrogens with zero attached hydrogens (tertiary/aromatic N) is 1. The van der Waals surface area contributed by atoms with E-state index in [4.69, 9.17) is 17.3 Å². The molecule has 28 heavy (non-hydrogen) atoms. The van der Waals surface area contributed by atoms with Crippen LogP contribution in [0.3, 0.4) is 0 Å². The van der Waals surface area contributed by atoms with Crippen molar-refractivity contribution in [1.82, 2.24) is 10.3 Å². The van der Waals surface area contributed by atoms with Gasteiger partial charge in [-0.3, -0.25) is 4.79 Å². The fraction of sp³-hybridized carbons (Fsp3) is 0.238. The third-order valence-electron chi connectivity index (χ3n) is 4.22. The molecule has 3 aromatic rings. The van der Waals surface area contributed by atoms with Crippen molar-refractivity contribution in [2.24, 2.45) is 0 Å². The van der Waals surface area contributed by atoms with Gasteiger partial charge >= 0.3 is 0 Å². The molecule has 1 heterocycles. The number of alkyl halides is 1. The average molecular weight is 415 g/mol. The second kappa shape index (κ2) is 10.2. The zero-order chi connectivity index (χ0) is 19.8. The van der Waals surface area contributed by atoms with E-state index in [0.717, 1.165) is 30.8 Å². The van der Waals surface area contributed by atoms with E-state index >= 15 is 0 Å². The lowest BCUT2D eigenvalue weighted by atomic mass is 10.1. The Balaban J connectivity index is 1.38. The molecular formula is C21H23ClN4OS. The Kier molecular flexibility index (Phi) is 7.42. The molecule has 1 atom stereocenters. The molecule has 0 aliphatic heterocycles. The average Bonchev–Trinajstić information content (AvgIpc) is 3.11. The number of nitrogens with one attached hydrogen (secondary N) is 2. The van der Waals surface area contributed by atoms with Crippen LogP contribution in [0.15, 0.2) is 60.0 Å². The molecule has 3 rings (SSSR count). The Morgan fingerprint density at radius 3 is 2.57 bits per heavy atom. The summed E-state index contributed by atoms with van der Waals surface area (Å²) in [6.07, 6.45) is 1.12. The summed E-state index contributed by atoms with van der Waals surface area (Å²) in [5.41, 5.74) is 9.37. The highest BCUT2D eigenvalue weighted by Gasteiger charge is 2.08. The third-order valence-corrected chi connectivity index (χ3v) is 5.35. The van der Waals surface area contributed by atoms with Crippen LogP contribution in [0, 0.1) is 0 Å². The van der Waals surface area contributed by atoms with E-state index in [1.54, 1.807) is 5.38 Å². The van der Waals surface area contributed by atoms with Gasteiger partial charge in [0, 0.05) is 17.6 Å².